The lowest BCUT2D eigenvalue weighted by molar-refractivity contribution is -0.0388. The van der Waals surface area contributed by atoms with Gasteiger partial charge in [0.15, 0.2) is 5.75 Å². The minimum absolute atomic E-state index is 0.282. The number of aromatic nitrogens is 4. The summed E-state index contributed by atoms with van der Waals surface area (Å²) in [4.78, 5) is 4.14. The molecular weight excluding hydrogens is 408 g/mol. The van der Waals surface area contributed by atoms with Crippen molar-refractivity contribution in [3.63, 3.8) is 0 Å². The summed E-state index contributed by atoms with van der Waals surface area (Å²) in [5.74, 6) is 2.23. The molecule has 4 aromatic rings. The molecule has 0 aliphatic carbocycles. The molecule has 0 amide bonds. The van der Waals surface area contributed by atoms with Crippen molar-refractivity contribution in [1.82, 2.24) is 19.3 Å². The van der Waals surface area contributed by atoms with E-state index in [1.807, 2.05) is 59.0 Å². The Kier molecular flexibility index (Phi) is 6.04. The molecule has 2 aromatic carbocycles. The summed E-state index contributed by atoms with van der Waals surface area (Å²) in [6, 6.07) is 11.7. The topological polar surface area (TPSA) is 72.6 Å². The molecular formula is C24H26N4O4. The standard InChI is InChI=1S/C24H26N4O4/c1-27-24-18(16-26-27)14-19(28-9-8-25-17-28)15-23(24)32-22-4-2-20(3-5-22)30-12-13-31-21-6-10-29-11-7-21/h2-5,8-9,14-17,21H,6-7,10-13H2,1H3. The Bertz CT molecular complexity index is 1150. The first-order valence-electron chi connectivity index (χ1n) is 10.8. The van der Waals surface area contributed by atoms with Crippen LogP contribution in [0.4, 0.5) is 0 Å². The molecule has 1 saturated heterocycles. The zero-order chi connectivity index (χ0) is 21.8. The molecule has 8 nitrogen and oxygen atoms in total. The minimum Gasteiger partial charge on any atom is -0.491 e. The zero-order valence-electron chi connectivity index (χ0n) is 18.0. The van der Waals surface area contributed by atoms with Gasteiger partial charge in [0.05, 0.1) is 30.9 Å². The Morgan fingerprint density at radius 1 is 1.06 bits per heavy atom. The number of hydrogen-bond donors (Lipinski definition) is 0. The number of rotatable bonds is 8. The summed E-state index contributed by atoms with van der Waals surface area (Å²) >= 11 is 0. The van der Waals surface area contributed by atoms with Gasteiger partial charge in [-0.3, -0.25) is 4.68 Å². The van der Waals surface area contributed by atoms with E-state index in [2.05, 4.69) is 16.1 Å². The van der Waals surface area contributed by atoms with Gasteiger partial charge in [-0.25, -0.2) is 4.98 Å². The average molecular weight is 434 g/mol. The molecule has 1 aliphatic heterocycles. The molecule has 0 radical (unpaired) electrons. The van der Waals surface area contributed by atoms with Crippen LogP contribution < -0.4 is 9.47 Å². The SMILES string of the molecule is Cn1ncc2cc(-n3ccnc3)cc(Oc3ccc(OCCOC4CCOCC4)cc3)c21. The van der Waals surface area contributed by atoms with Gasteiger partial charge in [0.25, 0.3) is 0 Å². The maximum Gasteiger partial charge on any atom is 0.155 e. The third kappa shape index (κ3) is 4.61. The van der Waals surface area contributed by atoms with Crippen molar-refractivity contribution in [2.24, 2.45) is 7.05 Å². The Morgan fingerprint density at radius 3 is 2.66 bits per heavy atom. The molecule has 0 unspecified atom stereocenters. The van der Waals surface area contributed by atoms with Gasteiger partial charge in [-0.05, 0) is 43.2 Å². The van der Waals surface area contributed by atoms with E-state index in [4.69, 9.17) is 18.9 Å². The number of aryl methyl sites for hydroxylation is 1. The number of hydrogen-bond acceptors (Lipinski definition) is 6. The highest BCUT2D eigenvalue weighted by atomic mass is 16.5. The highest BCUT2D eigenvalue weighted by Crippen LogP contribution is 2.33. The minimum atomic E-state index is 0.282. The van der Waals surface area contributed by atoms with Crippen LogP contribution in [0.3, 0.4) is 0 Å². The monoisotopic (exact) mass is 434 g/mol. The van der Waals surface area contributed by atoms with Crippen molar-refractivity contribution in [2.75, 3.05) is 26.4 Å². The van der Waals surface area contributed by atoms with Crippen LogP contribution in [0.15, 0.2) is 61.3 Å². The van der Waals surface area contributed by atoms with Crippen LogP contribution in [0.1, 0.15) is 12.8 Å². The highest BCUT2D eigenvalue weighted by Gasteiger charge is 2.14. The molecule has 0 atom stereocenters. The van der Waals surface area contributed by atoms with E-state index in [-0.39, 0.29) is 6.10 Å². The molecule has 1 fully saturated rings. The largest absolute Gasteiger partial charge is 0.491 e. The van der Waals surface area contributed by atoms with Gasteiger partial charge in [-0.2, -0.15) is 5.10 Å². The number of benzene rings is 2. The number of imidazole rings is 1. The quantitative estimate of drug-likeness (QED) is 0.389. The maximum atomic E-state index is 6.24. The Balaban J connectivity index is 1.24. The maximum absolute atomic E-state index is 6.24. The Labute approximate surface area is 186 Å². The van der Waals surface area contributed by atoms with Crippen molar-refractivity contribution < 1.29 is 18.9 Å². The summed E-state index contributed by atoms with van der Waals surface area (Å²) in [6.07, 6.45) is 9.45. The first-order valence-corrected chi connectivity index (χ1v) is 10.8. The van der Waals surface area contributed by atoms with Gasteiger partial charge < -0.3 is 23.5 Å². The van der Waals surface area contributed by atoms with Crippen LogP contribution in [-0.4, -0.2) is 51.9 Å². The lowest BCUT2D eigenvalue weighted by Gasteiger charge is -2.22. The summed E-state index contributed by atoms with van der Waals surface area (Å²) < 4.78 is 27.0. The summed E-state index contributed by atoms with van der Waals surface area (Å²) in [6.45, 7) is 2.65. The molecule has 0 spiro atoms. The first kappa shape index (κ1) is 20.5. The van der Waals surface area contributed by atoms with E-state index < -0.39 is 0 Å². The summed E-state index contributed by atoms with van der Waals surface area (Å²) in [7, 11) is 1.91. The first-order chi connectivity index (χ1) is 15.8. The lowest BCUT2D eigenvalue weighted by atomic mass is 10.2. The molecule has 166 valence electrons. The number of ether oxygens (including phenoxy) is 4. The Morgan fingerprint density at radius 2 is 1.88 bits per heavy atom. The van der Waals surface area contributed by atoms with Crippen molar-refractivity contribution in [1.29, 1.82) is 0 Å². The second-order valence-electron chi connectivity index (χ2n) is 7.72. The fraction of sp³-hybridized carbons (Fsp3) is 0.333. The highest BCUT2D eigenvalue weighted by molar-refractivity contribution is 5.87. The second-order valence-corrected chi connectivity index (χ2v) is 7.72. The smallest absolute Gasteiger partial charge is 0.155 e. The second kappa shape index (κ2) is 9.42. The van der Waals surface area contributed by atoms with Crippen LogP contribution in [-0.2, 0) is 16.5 Å². The van der Waals surface area contributed by atoms with Crippen LogP contribution >= 0.6 is 0 Å². The predicted molar refractivity (Wildman–Crippen MR) is 120 cm³/mol. The molecule has 32 heavy (non-hydrogen) atoms. The molecule has 0 N–H and O–H groups in total. The van der Waals surface area contributed by atoms with Crippen LogP contribution in [0.2, 0.25) is 0 Å². The van der Waals surface area contributed by atoms with E-state index in [1.54, 1.807) is 12.5 Å². The van der Waals surface area contributed by atoms with Gasteiger partial charge >= 0.3 is 0 Å². The average Bonchev–Trinajstić information content (AvgIpc) is 3.49. The molecule has 5 rings (SSSR count). The molecule has 8 heteroatoms. The predicted octanol–water partition coefficient (Wildman–Crippen LogP) is 4.13. The molecule has 0 saturated carbocycles. The fourth-order valence-electron chi connectivity index (χ4n) is 3.85. The summed E-state index contributed by atoms with van der Waals surface area (Å²) in [5, 5.41) is 5.38. The van der Waals surface area contributed by atoms with Crippen LogP contribution in [0.25, 0.3) is 16.6 Å². The van der Waals surface area contributed by atoms with Crippen molar-refractivity contribution in [3.8, 4) is 22.9 Å². The van der Waals surface area contributed by atoms with E-state index in [9.17, 15) is 0 Å². The van der Waals surface area contributed by atoms with E-state index >= 15 is 0 Å². The Hall–Kier alpha value is -3.36. The van der Waals surface area contributed by atoms with Gasteiger partial charge in [-0.15, -0.1) is 0 Å². The number of nitrogens with zero attached hydrogens (tertiary/aromatic N) is 4. The summed E-state index contributed by atoms with van der Waals surface area (Å²) in [5.41, 5.74) is 1.89. The molecule has 3 heterocycles. The van der Waals surface area contributed by atoms with Crippen molar-refractivity contribution in [2.45, 2.75) is 18.9 Å². The normalized spacial score (nSPS) is 14.7. The van der Waals surface area contributed by atoms with Gasteiger partial charge in [0, 0.05) is 44.1 Å². The fourth-order valence-corrected chi connectivity index (χ4v) is 3.85. The van der Waals surface area contributed by atoms with E-state index in [1.165, 1.54) is 0 Å². The van der Waals surface area contributed by atoms with E-state index in [0.29, 0.717) is 13.2 Å². The molecule has 0 bridgehead atoms. The van der Waals surface area contributed by atoms with Crippen LogP contribution in [0, 0.1) is 0 Å². The third-order valence-corrected chi connectivity index (χ3v) is 5.51. The van der Waals surface area contributed by atoms with Gasteiger partial charge in [0.2, 0.25) is 0 Å². The zero-order valence-corrected chi connectivity index (χ0v) is 18.0. The van der Waals surface area contributed by atoms with Crippen LogP contribution in [0.5, 0.6) is 17.2 Å². The van der Waals surface area contributed by atoms with Gasteiger partial charge in [0.1, 0.15) is 23.6 Å². The number of fused-ring (bicyclic) bond motifs is 1. The lowest BCUT2D eigenvalue weighted by Crippen LogP contribution is -2.25. The van der Waals surface area contributed by atoms with E-state index in [0.717, 1.165) is 59.9 Å². The van der Waals surface area contributed by atoms with Crippen molar-refractivity contribution in [3.05, 3.63) is 61.3 Å². The third-order valence-electron chi connectivity index (χ3n) is 5.51. The van der Waals surface area contributed by atoms with Gasteiger partial charge in [-0.1, -0.05) is 0 Å². The molecule has 1 aliphatic rings. The molecule has 2 aromatic heterocycles. The van der Waals surface area contributed by atoms with Crippen molar-refractivity contribution >= 4 is 10.9 Å².